The molecule has 1 amide bonds. The second kappa shape index (κ2) is 9.23. The molecule has 0 fully saturated rings. The summed E-state index contributed by atoms with van der Waals surface area (Å²) in [5.41, 5.74) is 11.9. The topological polar surface area (TPSA) is 98.2 Å². The molecule has 0 unspecified atom stereocenters. The van der Waals surface area contributed by atoms with Crippen LogP contribution in [0.25, 0.3) is 0 Å². The molecule has 110 valence electrons. The summed E-state index contributed by atoms with van der Waals surface area (Å²) in [4.78, 5) is 23.8. The third kappa shape index (κ3) is 5.50. The van der Waals surface area contributed by atoms with Crippen molar-refractivity contribution in [3.8, 4) is 0 Å². The Hall–Kier alpha value is -1.72. The van der Waals surface area contributed by atoms with Gasteiger partial charge in [-0.3, -0.25) is 9.59 Å². The Bertz CT molecular complexity index is 409. The van der Waals surface area contributed by atoms with Crippen molar-refractivity contribution >= 4 is 11.7 Å². The van der Waals surface area contributed by atoms with E-state index in [2.05, 4.69) is 5.32 Å². The first-order valence-electron chi connectivity index (χ1n) is 7.00. The Kier molecular flexibility index (Phi) is 7.54. The predicted octanol–water partition coefficient (Wildman–Crippen LogP) is 1.08. The molecule has 5 N–H and O–H groups in total. The number of carbonyl (C=O) groups excluding carboxylic acids is 2. The number of carbonyl (C=O) groups is 2. The van der Waals surface area contributed by atoms with E-state index in [9.17, 15) is 9.59 Å². The second-order valence-corrected chi connectivity index (χ2v) is 4.65. The average Bonchev–Trinajstić information content (AvgIpc) is 2.47. The number of hydrogen-bond donors (Lipinski definition) is 3. The van der Waals surface area contributed by atoms with Crippen LogP contribution in [-0.4, -0.2) is 31.3 Å². The summed E-state index contributed by atoms with van der Waals surface area (Å²) in [7, 11) is 0. The molecule has 0 radical (unpaired) electrons. The largest absolute Gasteiger partial charge is 0.352 e. The monoisotopic (exact) mass is 277 g/mol. The summed E-state index contributed by atoms with van der Waals surface area (Å²) < 4.78 is 0. The number of rotatable bonds is 9. The number of Topliss-reactive ketones (excluding diaryl/α,β-unsaturated/α-hetero) is 1. The van der Waals surface area contributed by atoms with Crippen LogP contribution in [0.5, 0.6) is 0 Å². The van der Waals surface area contributed by atoms with Crippen LogP contribution >= 0.6 is 0 Å². The fourth-order valence-electron chi connectivity index (χ4n) is 1.81. The van der Waals surface area contributed by atoms with Gasteiger partial charge in [0, 0.05) is 24.1 Å². The molecule has 5 heteroatoms. The van der Waals surface area contributed by atoms with Crippen molar-refractivity contribution in [2.45, 2.75) is 25.7 Å². The molecule has 1 aromatic rings. The van der Waals surface area contributed by atoms with Gasteiger partial charge in [0.2, 0.25) is 0 Å². The molecular formula is C15H23N3O2. The smallest absolute Gasteiger partial charge is 0.251 e. The highest BCUT2D eigenvalue weighted by Gasteiger charge is 2.09. The number of ketones is 1. The van der Waals surface area contributed by atoms with Gasteiger partial charge in [-0.25, -0.2) is 0 Å². The lowest BCUT2D eigenvalue weighted by Crippen LogP contribution is -2.26. The van der Waals surface area contributed by atoms with Crippen LogP contribution in [0.15, 0.2) is 24.3 Å². The number of amides is 1. The summed E-state index contributed by atoms with van der Waals surface area (Å²) >= 11 is 0. The molecule has 0 heterocycles. The maximum atomic E-state index is 12.0. The van der Waals surface area contributed by atoms with E-state index in [4.69, 9.17) is 11.5 Å². The quantitative estimate of drug-likeness (QED) is 0.464. The van der Waals surface area contributed by atoms with Crippen molar-refractivity contribution in [3.63, 3.8) is 0 Å². The molecule has 5 nitrogen and oxygen atoms in total. The van der Waals surface area contributed by atoms with Gasteiger partial charge in [0.25, 0.3) is 5.91 Å². The lowest BCUT2D eigenvalue weighted by molar-refractivity contribution is 0.0953. The Morgan fingerprint density at radius 3 is 2.40 bits per heavy atom. The molecule has 0 atom stereocenters. The van der Waals surface area contributed by atoms with Crippen molar-refractivity contribution in [2.75, 3.05) is 19.6 Å². The third-order valence-electron chi connectivity index (χ3n) is 2.97. The number of nitrogens with two attached hydrogens (primary N) is 2. The number of unbranched alkanes of at least 4 members (excludes halogenated alkanes) is 1. The van der Waals surface area contributed by atoms with E-state index in [1.54, 1.807) is 24.3 Å². The first-order chi connectivity index (χ1) is 9.69. The van der Waals surface area contributed by atoms with Crippen molar-refractivity contribution in [1.82, 2.24) is 5.32 Å². The van der Waals surface area contributed by atoms with Crippen molar-refractivity contribution < 1.29 is 9.59 Å². The van der Waals surface area contributed by atoms with Crippen LogP contribution in [0.4, 0.5) is 0 Å². The summed E-state index contributed by atoms with van der Waals surface area (Å²) in [6.45, 7) is 1.68. The Morgan fingerprint density at radius 2 is 1.70 bits per heavy atom. The number of benzene rings is 1. The van der Waals surface area contributed by atoms with Crippen LogP contribution < -0.4 is 16.8 Å². The zero-order valence-corrected chi connectivity index (χ0v) is 11.7. The van der Waals surface area contributed by atoms with Gasteiger partial charge in [-0.1, -0.05) is 12.1 Å². The SMILES string of the molecule is NCCCCC(=O)c1cccc(C(=O)NCCCN)c1. The van der Waals surface area contributed by atoms with Gasteiger partial charge >= 0.3 is 0 Å². The van der Waals surface area contributed by atoms with Gasteiger partial charge in [0.05, 0.1) is 0 Å². The van der Waals surface area contributed by atoms with E-state index < -0.39 is 0 Å². The molecule has 20 heavy (non-hydrogen) atoms. The van der Waals surface area contributed by atoms with E-state index in [0.717, 1.165) is 19.3 Å². The molecule has 0 spiro atoms. The van der Waals surface area contributed by atoms with E-state index in [1.165, 1.54) is 0 Å². The Balaban J connectivity index is 2.60. The van der Waals surface area contributed by atoms with E-state index in [1.807, 2.05) is 0 Å². The normalized spacial score (nSPS) is 10.3. The van der Waals surface area contributed by atoms with Gasteiger partial charge < -0.3 is 16.8 Å². The molecular weight excluding hydrogens is 254 g/mol. The number of hydrogen-bond acceptors (Lipinski definition) is 4. The van der Waals surface area contributed by atoms with Crippen LogP contribution in [-0.2, 0) is 0 Å². The molecule has 0 aromatic heterocycles. The molecule has 0 aliphatic heterocycles. The maximum absolute atomic E-state index is 12.0. The average molecular weight is 277 g/mol. The van der Waals surface area contributed by atoms with Gasteiger partial charge in [0.1, 0.15) is 0 Å². The zero-order valence-electron chi connectivity index (χ0n) is 11.7. The van der Waals surface area contributed by atoms with Crippen LogP contribution in [0, 0.1) is 0 Å². The third-order valence-corrected chi connectivity index (χ3v) is 2.97. The van der Waals surface area contributed by atoms with Crippen molar-refractivity contribution in [3.05, 3.63) is 35.4 Å². The first kappa shape index (κ1) is 16.3. The minimum Gasteiger partial charge on any atom is -0.352 e. The number of nitrogens with one attached hydrogen (secondary N) is 1. The highest BCUT2D eigenvalue weighted by Crippen LogP contribution is 2.10. The molecule has 1 rings (SSSR count). The highest BCUT2D eigenvalue weighted by molar-refractivity contribution is 6.00. The van der Waals surface area contributed by atoms with Gasteiger partial charge in [-0.2, -0.15) is 0 Å². The molecule has 0 saturated heterocycles. The van der Waals surface area contributed by atoms with E-state index in [0.29, 0.717) is 37.2 Å². The lowest BCUT2D eigenvalue weighted by atomic mass is 10.0. The minimum absolute atomic E-state index is 0.0510. The zero-order chi connectivity index (χ0) is 14.8. The van der Waals surface area contributed by atoms with E-state index >= 15 is 0 Å². The molecule has 0 bridgehead atoms. The fraction of sp³-hybridized carbons (Fsp3) is 0.467. The van der Waals surface area contributed by atoms with Crippen molar-refractivity contribution in [1.29, 1.82) is 0 Å². The summed E-state index contributed by atoms with van der Waals surface area (Å²) in [5, 5.41) is 2.77. The van der Waals surface area contributed by atoms with Crippen LogP contribution in [0.2, 0.25) is 0 Å². The molecule has 1 aromatic carbocycles. The fourth-order valence-corrected chi connectivity index (χ4v) is 1.81. The predicted molar refractivity (Wildman–Crippen MR) is 79.7 cm³/mol. The lowest BCUT2D eigenvalue weighted by Gasteiger charge is -2.06. The van der Waals surface area contributed by atoms with Gasteiger partial charge in [-0.05, 0) is 44.5 Å². The maximum Gasteiger partial charge on any atom is 0.251 e. The second-order valence-electron chi connectivity index (χ2n) is 4.65. The molecule has 0 aliphatic carbocycles. The van der Waals surface area contributed by atoms with Gasteiger partial charge in [0.15, 0.2) is 5.78 Å². The minimum atomic E-state index is -0.171. The van der Waals surface area contributed by atoms with Crippen LogP contribution in [0.3, 0.4) is 0 Å². The van der Waals surface area contributed by atoms with E-state index in [-0.39, 0.29) is 11.7 Å². The van der Waals surface area contributed by atoms with Crippen LogP contribution in [0.1, 0.15) is 46.4 Å². The Labute approximate surface area is 119 Å². The standard InChI is InChI=1S/C15H23N3O2/c16-8-2-1-7-14(19)12-5-3-6-13(11-12)15(20)18-10-4-9-17/h3,5-6,11H,1-2,4,7-10,16-17H2,(H,18,20). The first-order valence-corrected chi connectivity index (χ1v) is 7.00. The summed E-state index contributed by atoms with van der Waals surface area (Å²) in [6, 6.07) is 6.81. The molecule has 0 saturated carbocycles. The summed E-state index contributed by atoms with van der Waals surface area (Å²) in [6.07, 6.45) is 2.83. The summed E-state index contributed by atoms with van der Waals surface area (Å²) in [5.74, 6) is -0.120. The Morgan fingerprint density at radius 1 is 1.00 bits per heavy atom. The van der Waals surface area contributed by atoms with Gasteiger partial charge in [-0.15, -0.1) is 0 Å². The van der Waals surface area contributed by atoms with Crippen molar-refractivity contribution in [2.24, 2.45) is 11.5 Å². The molecule has 0 aliphatic rings. The highest BCUT2D eigenvalue weighted by atomic mass is 16.1.